The van der Waals surface area contributed by atoms with E-state index in [0.717, 1.165) is 21.1 Å². The van der Waals surface area contributed by atoms with Crippen molar-refractivity contribution in [2.75, 3.05) is 18.5 Å². The van der Waals surface area contributed by atoms with E-state index < -0.39 is 0 Å². The Hall–Kier alpha value is -0.720. The first-order chi connectivity index (χ1) is 9.56. The maximum atomic E-state index is 12.3. The third-order valence-corrected chi connectivity index (χ3v) is 6.97. The second-order valence-electron chi connectivity index (χ2n) is 5.03. The van der Waals surface area contributed by atoms with Crippen molar-refractivity contribution in [2.45, 2.75) is 17.6 Å². The number of nitrogens with two attached hydrogens (primary N) is 1. The maximum Gasteiger partial charge on any atom is 0.263 e. The standard InChI is InChI=1S/C14H15BrN2OS2/c1-19-14(5-6-14)7-17-13(18)12-11(16)10-8(15)3-2-4-9(10)20-12/h2-4H,5-7,16H2,1H3,(H,17,18). The lowest BCUT2D eigenvalue weighted by Crippen LogP contribution is -2.31. The Morgan fingerprint density at radius 2 is 2.30 bits per heavy atom. The lowest BCUT2D eigenvalue weighted by Gasteiger charge is -2.12. The van der Waals surface area contributed by atoms with Crippen molar-refractivity contribution in [3.63, 3.8) is 0 Å². The van der Waals surface area contributed by atoms with Gasteiger partial charge in [-0.3, -0.25) is 4.79 Å². The Balaban J connectivity index is 1.85. The molecule has 0 bridgehead atoms. The van der Waals surface area contributed by atoms with E-state index in [2.05, 4.69) is 27.5 Å². The molecule has 0 unspecified atom stereocenters. The number of nitrogen functional groups attached to an aromatic ring is 1. The monoisotopic (exact) mass is 370 g/mol. The summed E-state index contributed by atoms with van der Waals surface area (Å²) in [7, 11) is 0. The molecule has 1 amide bonds. The molecule has 1 saturated carbocycles. The summed E-state index contributed by atoms with van der Waals surface area (Å²) in [5.74, 6) is -0.0593. The van der Waals surface area contributed by atoms with E-state index in [4.69, 9.17) is 5.73 Å². The van der Waals surface area contributed by atoms with Crippen molar-refractivity contribution < 1.29 is 4.79 Å². The van der Waals surface area contributed by atoms with Gasteiger partial charge >= 0.3 is 0 Å². The van der Waals surface area contributed by atoms with Crippen molar-refractivity contribution in [2.24, 2.45) is 0 Å². The SMILES string of the molecule is CSC1(CNC(=O)c2sc3cccc(Br)c3c2N)CC1. The Bertz CT molecular complexity index is 679. The number of rotatable bonds is 4. The van der Waals surface area contributed by atoms with Crippen molar-refractivity contribution in [3.05, 3.63) is 27.5 Å². The normalized spacial score (nSPS) is 16.3. The number of thiophene rings is 1. The number of anilines is 1. The number of benzene rings is 1. The molecule has 1 aliphatic carbocycles. The Labute approximate surface area is 134 Å². The predicted molar refractivity (Wildman–Crippen MR) is 91.8 cm³/mol. The van der Waals surface area contributed by atoms with E-state index in [1.165, 1.54) is 24.2 Å². The van der Waals surface area contributed by atoms with E-state index in [0.29, 0.717) is 10.6 Å². The van der Waals surface area contributed by atoms with Crippen LogP contribution in [0, 0.1) is 0 Å². The van der Waals surface area contributed by atoms with Crippen LogP contribution in [0.4, 0.5) is 5.69 Å². The third kappa shape index (κ3) is 2.44. The van der Waals surface area contributed by atoms with E-state index in [9.17, 15) is 4.79 Å². The van der Waals surface area contributed by atoms with Crippen LogP contribution < -0.4 is 11.1 Å². The molecule has 0 spiro atoms. The van der Waals surface area contributed by atoms with E-state index >= 15 is 0 Å². The minimum absolute atomic E-state index is 0.0593. The van der Waals surface area contributed by atoms with E-state index in [1.54, 1.807) is 0 Å². The highest BCUT2D eigenvalue weighted by atomic mass is 79.9. The zero-order valence-electron chi connectivity index (χ0n) is 11.0. The van der Waals surface area contributed by atoms with Gasteiger partial charge in [0.25, 0.3) is 5.91 Å². The highest BCUT2D eigenvalue weighted by molar-refractivity contribution is 9.10. The number of nitrogens with one attached hydrogen (secondary N) is 1. The van der Waals surface area contributed by atoms with Gasteiger partial charge in [-0.2, -0.15) is 11.8 Å². The predicted octanol–water partition coefficient (Wildman–Crippen LogP) is 3.87. The maximum absolute atomic E-state index is 12.3. The number of carbonyl (C=O) groups excluding carboxylic acids is 1. The third-order valence-electron chi connectivity index (χ3n) is 3.72. The molecule has 1 aliphatic rings. The molecule has 2 aromatic rings. The summed E-state index contributed by atoms with van der Waals surface area (Å²) in [5.41, 5.74) is 6.72. The first-order valence-corrected chi connectivity index (χ1v) is 9.19. The summed E-state index contributed by atoms with van der Waals surface area (Å²) in [4.78, 5) is 12.9. The van der Waals surface area contributed by atoms with Gasteiger partial charge in [0.1, 0.15) is 4.88 Å². The van der Waals surface area contributed by atoms with Gasteiger partial charge in [0.05, 0.1) is 5.69 Å². The Morgan fingerprint density at radius 3 is 2.90 bits per heavy atom. The summed E-state index contributed by atoms with van der Waals surface area (Å²) in [5, 5.41) is 3.97. The largest absolute Gasteiger partial charge is 0.397 e. The molecule has 1 fully saturated rings. The fourth-order valence-corrected chi connectivity index (χ4v) is 4.72. The van der Waals surface area contributed by atoms with Gasteiger partial charge in [0, 0.05) is 25.9 Å². The fraction of sp³-hybridized carbons (Fsp3) is 0.357. The molecule has 0 atom stereocenters. The summed E-state index contributed by atoms with van der Waals surface area (Å²) >= 11 is 6.78. The van der Waals surface area contributed by atoms with Crippen LogP contribution in [0.2, 0.25) is 0 Å². The number of carbonyl (C=O) groups is 1. The van der Waals surface area contributed by atoms with Crippen molar-refractivity contribution in [1.82, 2.24) is 5.32 Å². The molecular formula is C14H15BrN2OS2. The van der Waals surface area contributed by atoms with E-state index in [-0.39, 0.29) is 10.7 Å². The van der Waals surface area contributed by atoms with Crippen molar-refractivity contribution >= 4 is 60.7 Å². The van der Waals surface area contributed by atoms with Gasteiger partial charge in [-0.25, -0.2) is 0 Å². The first kappa shape index (κ1) is 14.2. The molecule has 1 aromatic heterocycles. The summed E-state index contributed by atoms with van der Waals surface area (Å²) in [6, 6.07) is 5.89. The summed E-state index contributed by atoms with van der Waals surface area (Å²) in [6.07, 6.45) is 4.47. The van der Waals surface area contributed by atoms with Gasteiger partial charge in [-0.05, 0) is 31.2 Å². The number of halogens is 1. The smallest absolute Gasteiger partial charge is 0.263 e. The molecule has 3 nitrogen and oxygen atoms in total. The number of fused-ring (bicyclic) bond motifs is 1. The first-order valence-electron chi connectivity index (χ1n) is 6.36. The number of amides is 1. The molecule has 106 valence electrons. The molecule has 20 heavy (non-hydrogen) atoms. The Morgan fingerprint density at radius 1 is 1.55 bits per heavy atom. The Kier molecular flexibility index (Phi) is 3.73. The molecule has 6 heteroatoms. The summed E-state index contributed by atoms with van der Waals surface area (Å²) in [6.45, 7) is 0.724. The van der Waals surface area contributed by atoms with E-state index in [1.807, 2.05) is 30.0 Å². The van der Waals surface area contributed by atoms with Gasteiger partial charge in [-0.1, -0.05) is 22.0 Å². The molecule has 1 heterocycles. The zero-order valence-corrected chi connectivity index (χ0v) is 14.3. The van der Waals surface area contributed by atoms with Gasteiger partial charge in [-0.15, -0.1) is 11.3 Å². The molecule has 0 radical (unpaired) electrons. The average Bonchev–Trinajstić information content (AvgIpc) is 3.15. The van der Waals surface area contributed by atoms with Crippen molar-refractivity contribution in [1.29, 1.82) is 0 Å². The van der Waals surface area contributed by atoms with Crippen LogP contribution in [-0.2, 0) is 0 Å². The topological polar surface area (TPSA) is 55.1 Å². The second kappa shape index (κ2) is 5.24. The van der Waals surface area contributed by atoms with Crippen molar-refractivity contribution in [3.8, 4) is 0 Å². The van der Waals surface area contributed by atoms with Crippen LogP contribution in [0.3, 0.4) is 0 Å². The number of hydrogen-bond donors (Lipinski definition) is 2. The van der Waals surface area contributed by atoms with Crippen LogP contribution in [0.15, 0.2) is 22.7 Å². The highest BCUT2D eigenvalue weighted by Gasteiger charge is 2.42. The quantitative estimate of drug-likeness (QED) is 0.858. The number of hydrogen-bond acceptors (Lipinski definition) is 4. The molecule has 3 N–H and O–H groups in total. The molecule has 1 aromatic carbocycles. The van der Waals surface area contributed by atoms with Gasteiger partial charge in [0.15, 0.2) is 0 Å². The average molecular weight is 371 g/mol. The van der Waals surface area contributed by atoms with Crippen LogP contribution >= 0.6 is 39.0 Å². The molecular weight excluding hydrogens is 356 g/mol. The lowest BCUT2D eigenvalue weighted by atomic mass is 10.2. The minimum atomic E-state index is -0.0593. The van der Waals surface area contributed by atoms with Crippen LogP contribution in [0.25, 0.3) is 10.1 Å². The fourth-order valence-electron chi connectivity index (χ4n) is 2.21. The van der Waals surface area contributed by atoms with Crippen LogP contribution in [0.5, 0.6) is 0 Å². The highest BCUT2D eigenvalue weighted by Crippen LogP contribution is 2.46. The van der Waals surface area contributed by atoms with Crippen LogP contribution in [0.1, 0.15) is 22.5 Å². The van der Waals surface area contributed by atoms with Gasteiger partial charge in [0.2, 0.25) is 0 Å². The second-order valence-corrected chi connectivity index (χ2v) is 8.21. The van der Waals surface area contributed by atoms with Gasteiger partial charge < -0.3 is 11.1 Å². The minimum Gasteiger partial charge on any atom is -0.397 e. The van der Waals surface area contributed by atoms with Crippen LogP contribution in [-0.4, -0.2) is 23.5 Å². The zero-order chi connectivity index (χ0) is 14.3. The summed E-state index contributed by atoms with van der Waals surface area (Å²) < 4.78 is 2.24. The molecule has 3 rings (SSSR count). The molecule has 0 aliphatic heterocycles. The number of thioether (sulfide) groups is 1. The lowest BCUT2D eigenvalue weighted by molar-refractivity contribution is 0.0958. The molecule has 0 saturated heterocycles.